The summed E-state index contributed by atoms with van der Waals surface area (Å²) in [4.78, 5) is 48.6. The van der Waals surface area contributed by atoms with Crippen molar-refractivity contribution >= 4 is 44.7 Å². The van der Waals surface area contributed by atoms with Gasteiger partial charge in [-0.3, -0.25) is 40.7 Å². The predicted molar refractivity (Wildman–Crippen MR) is 108 cm³/mol. The van der Waals surface area contributed by atoms with Gasteiger partial charge in [0.2, 0.25) is 5.91 Å². The van der Waals surface area contributed by atoms with Crippen molar-refractivity contribution in [1.29, 1.82) is 0 Å². The Kier molecular flexibility index (Phi) is 6.27. The van der Waals surface area contributed by atoms with E-state index < -0.39 is 33.0 Å². The number of rotatable bonds is 7. The highest BCUT2D eigenvalue weighted by atomic mass is 32.1. The minimum absolute atomic E-state index is 0.116. The zero-order valence-corrected chi connectivity index (χ0v) is 16.2. The fourth-order valence-electron chi connectivity index (χ4n) is 2.63. The molecule has 0 aliphatic heterocycles. The summed E-state index contributed by atoms with van der Waals surface area (Å²) in [6.45, 7) is 0. The summed E-state index contributed by atoms with van der Waals surface area (Å²) in [6, 6.07) is 10.2. The van der Waals surface area contributed by atoms with Crippen molar-refractivity contribution in [2.45, 2.75) is 19.3 Å². The molecule has 0 saturated heterocycles. The smallest absolute Gasteiger partial charge is 0.273 e. The number of nitrogens with zero attached hydrogens (tertiary/aromatic N) is 3. The molecule has 0 atom stereocenters. The summed E-state index contributed by atoms with van der Waals surface area (Å²) < 4.78 is 1.07. The maximum Gasteiger partial charge on any atom is 0.277 e. The lowest BCUT2D eigenvalue weighted by molar-refractivity contribution is -0.394. The quantitative estimate of drug-likeness (QED) is 0.432. The van der Waals surface area contributed by atoms with Crippen LogP contribution in [0, 0.1) is 20.2 Å². The first-order valence-corrected chi connectivity index (χ1v) is 9.52. The van der Waals surface area contributed by atoms with Gasteiger partial charge in [-0.05, 0) is 25.0 Å². The number of amides is 2. The molecule has 0 aliphatic carbocycles. The van der Waals surface area contributed by atoms with Gasteiger partial charge in [-0.2, -0.15) is 0 Å². The summed E-state index contributed by atoms with van der Waals surface area (Å²) in [5.74, 6) is -1.37. The zero-order valence-electron chi connectivity index (χ0n) is 15.4. The molecule has 0 saturated carbocycles. The third kappa shape index (κ3) is 5.11. The van der Waals surface area contributed by atoms with Gasteiger partial charge in [-0.25, -0.2) is 4.98 Å². The largest absolute Gasteiger partial charge is 0.277 e. The molecule has 2 amide bonds. The van der Waals surface area contributed by atoms with Gasteiger partial charge in [0.1, 0.15) is 0 Å². The first kappa shape index (κ1) is 20.8. The first-order valence-electron chi connectivity index (χ1n) is 8.71. The van der Waals surface area contributed by atoms with Crippen molar-refractivity contribution in [3.8, 4) is 0 Å². The highest BCUT2D eigenvalue weighted by Crippen LogP contribution is 2.23. The van der Waals surface area contributed by atoms with Gasteiger partial charge in [0.25, 0.3) is 17.3 Å². The van der Waals surface area contributed by atoms with Crippen molar-refractivity contribution < 1.29 is 19.4 Å². The minimum atomic E-state index is -0.902. The molecule has 154 valence electrons. The molecule has 1 aromatic heterocycles. The lowest BCUT2D eigenvalue weighted by Crippen LogP contribution is -2.41. The summed E-state index contributed by atoms with van der Waals surface area (Å²) in [6.07, 6.45) is 1.22. The molecule has 2 aromatic carbocycles. The molecule has 0 unspecified atom stereocenters. The molecule has 30 heavy (non-hydrogen) atoms. The fraction of sp³-hybridized carbons (Fsp3) is 0.167. The van der Waals surface area contributed by atoms with Crippen LogP contribution in [0.3, 0.4) is 0 Å². The molecule has 2 N–H and O–H groups in total. The van der Waals surface area contributed by atoms with E-state index in [1.807, 2.05) is 24.3 Å². The number of nitro groups is 2. The second-order valence-corrected chi connectivity index (χ2v) is 7.30. The second kappa shape index (κ2) is 9.05. The van der Waals surface area contributed by atoms with E-state index in [9.17, 15) is 29.8 Å². The van der Waals surface area contributed by atoms with Crippen LogP contribution in [0.4, 0.5) is 11.4 Å². The maximum atomic E-state index is 12.1. The average molecular weight is 429 g/mol. The number of hydrazine groups is 1. The molecule has 12 heteroatoms. The molecule has 0 aliphatic rings. The molecule has 1 heterocycles. The molecule has 3 aromatic rings. The van der Waals surface area contributed by atoms with Crippen LogP contribution in [-0.2, 0) is 11.2 Å². The van der Waals surface area contributed by atoms with E-state index in [1.165, 1.54) is 0 Å². The van der Waals surface area contributed by atoms with Crippen LogP contribution in [0.15, 0.2) is 42.5 Å². The number of para-hydroxylation sites is 1. The van der Waals surface area contributed by atoms with E-state index in [0.29, 0.717) is 12.8 Å². The minimum Gasteiger partial charge on any atom is -0.273 e. The van der Waals surface area contributed by atoms with Gasteiger partial charge in [0.15, 0.2) is 0 Å². The third-order valence-electron chi connectivity index (χ3n) is 4.03. The number of thiazole rings is 1. The molecular formula is C18H15N5O6S. The molecule has 11 nitrogen and oxygen atoms in total. The Bertz CT molecular complexity index is 1080. The second-order valence-electron chi connectivity index (χ2n) is 6.18. The molecule has 0 spiro atoms. The van der Waals surface area contributed by atoms with Crippen LogP contribution in [0.25, 0.3) is 10.2 Å². The molecule has 0 bridgehead atoms. The lowest BCUT2D eigenvalue weighted by Gasteiger charge is -2.07. The summed E-state index contributed by atoms with van der Waals surface area (Å²) in [5.41, 5.74) is 3.69. The highest BCUT2D eigenvalue weighted by molar-refractivity contribution is 7.18. The van der Waals surface area contributed by atoms with Gasteiger partial charge in [-0.1, -0.05) is 12.1 Å². The SMILES string of the molecule is O=C(CCCc1nc2ccccc2s1)NNC(=O)c1cc([N+](=O)[O-])cc([N+](=O)[O-])c1. The number of aryl methyl sites for hydroxylation is 1. The van der Waals surface area contributed by atoms with Crippen LogP contribution in [0.5, 0.6) is 0 Å². The first-order chi connectivity index (χ1) is 14.3. The van der Waals surface area contributed by atoms with Crippen LogP contribution >= 0.6 is 11.3 Å². The third-order valence-corrected chi connectivity index (χ3v) is 5.13. The summed E-state index contributed by atoms with van der Waals surface area (Å²) >= 11 is 1.55. The summed E-state index contributed by atoms with van der Waals surface area (Å²) in [7, 11) is 0. The van der Waals surface area contributed by atoms with E-state index in [1.54, 1.807) is 11.3 Å². The monoisotopic (exact) mass is 429 g/mol. The topological polar surface area (TPSA) is 157 Å². The number of hydrogen-bond acceptors (Lipinski definition) is 8. The zero-order chi connectivity index (χ0) is 21.7. The number of benzene rings is 2. The Morgan fingerprint density at radius 3 is 2.30 bits per heavy atom. The van der Waals surface area contributed by atoms with Crippen molar-refractivity contribution in [2.75, 3.05) is 0 Å². The molecule has 3 rings (SSSR count). The Labute approximate surface area is 173 Å². The average Bonchev–Trinajstić information content (AvgIpc) is 3.14. The van der Waals surface area contributed by atoms with Gasteiger partial charge in [-0.15, -0.1) is 11.3 Å². The van der Waals surface area contributed by atoms with E-state index in [2.05, 4.69) is 15.8 Å². The number of nitrogens with one attached hydrogen (secondary N) is 2. The predicted octanol–water partition coefficient (Wildman–Crippen LogP) is 2.90. The van der Waals surface area contributed by atoms with Gasteiger partial charge >= 0.3 is 0 Å². The van der Waals surface area contributed by atoms with E-state index in [0.717, 1.165) is 33.4 Å². The van der Waals surface area contributed by atoms with Crippen molar-refractivity contribution in [3.05, 3.63) is 73.3 Å². The standard InChI is InChI=1S/C18H15N5O6S/c24-16(6-3-7-17-19-14-4-1-2-5-15(14)30-17)20-21-18(25)11-8-12(22(26)27)10-13(9-11)23(28)29/h1-2,4-5,8-10H,3,6-7H2,(H,20,24)(H,21,25). The number of carbonyl (C=O) groups is 2. The molecular weight excluding hydrogens is 414 g/mol. The van der Waals surface area contributed by atoms with Crippen LogP contribution in [-0.4, -0.2) is 26.6 Å². The van der Waals surface area contributed by atoms with E-state index in [-0.39, 0.29) is 12.0 Å². The number of aromatic nitrogens is 1. The lowest BCUT2D eigenvalue weighted by atomic mass is 10.1. The van der Waals surface area contributed by atoms with Crippen molar-refractivity contribution in [3.63, 3.8) is 0 Å². The number of fused-ring (bicyclic) bond motifs is 1. The van der Waals surface area contributed by atoms with E-state index in [4.69, 9.17) is 0 Å². The van der Waals surface area contributed by atoms with Crippen LogP contribution in [0.1, 0.15) is 28.2 Å². The number of nitro benzene ring substituents is 2. The van der Waals surface area contributed by atoms with Gasteiger partial charge in [0, 0.05) is 18.6 Å². The maximum absolute atomic E-state index is 12.1. The number of hydrogen-bond donors (Lipinski definition) is 2. The Morgan fingerprint density at radius 2 is 1.67 bits per heavy atom. The Morgan fingerprint density at radius 1 is 1.00 bits per heavy atom. The van der Waals surface area contributed by atoms with Crippen molar-refractivity contribution in [1.82, 2.24) is 15.8 Å². The highest BCUT2D eigenvalue weighted by Gasteiger charge is 2.20. The normalized spacial score (nSPS) is 10.5. The number of carbonyl (C=O) groups excluding carboxylic acids is 2. The Hall–Kier alpha value is -3.93. The summed E-state index contributed by atoms with van der Waals surface area (Å²) in [5, 5.41) is 22.7. The van der Waals surface area contributed by atoms with E-state index >= 15 is 0 Å². The van der Waals surface area contributed by atoms with Gasteiger partial charge in [0.05, 0.1) is 36.7 Å². The van der Waals surface area contributed by atoms with Crippen LogP contribution < -0.4 is 10.9 Å². The van der Waals surface area contributed by atoms with Gasteiger partial charge < -0.3 is 0 Å². The Balaban J connectivity index is 1.52. The molecule has 0 fully saturated rings. The number of non-ortho nitro benzene ring substituents is 2. The molecule has 0 radical (unpaired) electrons. The van der Waals surface area contributed by atoms with Crippen LogP contribution in [0.2, 0.25) is 0 Å². The fourth-order valence-corrected chi connectivity index (χ4v) is 3.63. The van der Waals surface area contributed by atoms with Crippen molar-refractivity contribution in [2.24, 2.45) is 0 Å².